The van der Waals surface area contributed by atoms with E-state index in [1.54, 1.807) is 0 Å². The summed E-state index contributed by atoms with van der Waals surface area (Å²) in [5, 5.41) is 2.46. The van der Waals surface area contributed by atoms with Crippen molar-refractivity contribution in [2.24, 2.45) is 0 Å². The van der Waals surface area contributed by atoms with Crippen molar-refractivity contribution < 1.29 is 22.4 Å². The van der Waals surface area contributed by atoms with Gasteiger partial charge in [-0.25, -0.2) is 8.78 Å². The Morgan fingerprint density at radius 3 is 2.26 bits per heavy atom. The number of hydrogen-bond acceptors (Lipinski definition) is 2. The average molecular weight is 330 g/mol. The molecular weight excluding hydrogens is 312 g/mol. The average Bonchev–Trinajstić information content (AvgIpc) is 3.23. The minimum absolute atomic E-state index is 0.346. The molecule has 126 valence electrons. The van der Waals surface area contributed by atoms with E-state index in [0.717, 1.165) is 43.8 Å². The van der Waals surface area contributed by atoms with Crippen LogP contribution in [0.15, 0.2) is 24.3 Å². The van der Waals surface area contributed by atoms with Gasteiger partial charge in [-0.2, -0.15) is 8.78 Å². The van der Waals surface area contributed by atoms with Gasteiger partial charge in [0, 0.05) is 17.7 Å². The van der Waals surface area contributed by atoms with Crippen LogP contribution in [-0.2, 0) is 10.7 Å². The Morgan fingerprint density at radius 2 is 1.83 bits per heavy atom. The summed E-state index contributed by atoms with van der Waals surface area (Å²) in [6, 6.07) is 3.62. The molecule has 0 bridgehead atoms. The highest BCUT2D eigenvalue weighted by atomic mass is 19.3. The summed E-state index contributed by atoms with van der Waals surface area (Å²) in [6.45, 7) is 2.46. The molecule has 2 fully saturated rings. The predicted molar refractivity (Wildman–Crippen MR) is 76.5 cm³/mol. The second-order valence-electron chi connectivity index (χ2n) is 6.36. The zero-order chi connectivity index (χ0) is 16.7. The number of amides is 1. The lowest BCUT2D eigenvalue weighted by Crippen LogP contribution is -2.53. The topological polar surface area (TPSA) is 32.3 Å². The van der Waals surface area contributed by atoms with Crippen LogP contribution in [0.2, 0.25) is 0 Å². The van der Waals surface area contributed by atoms with Crippen LogP contribution in [-0.4, -0.2) is 36.0 Å². The quantitative estimate of drug-likeness (QED) is 0.813. The van der Waals surface area contributed by atoms with Gasteiger partial charge in [-0.1, -0.05) is 24.3 Å². The number of rotatable bonds is 6. The molecule has 2 aliphatic rings. The lowest BCUT2D eigenvalue weighted by molar-refractivity contribution is -0.148. The Labute approximate surface area is 131 Å². The Morgan fingerprint density at radius 1 is 1.22 bits per heavy atom. The summed E-state index contributed by atoms with van der Waals surface area (Å²) in [4.78, 5) is 14.1. The highest BCUT2D eigenvalue weighted by molar-refractivity contribution is 5.85. The highest BCUT2D eigenvalue weighted by Gasteiger charge is 2.51. The molecule has 1 aliphatic carbocycles. The first-order valence-corrected chi connectivity index (χ1v) is 7.64. The molecule has 7 heteroatoms. The number of alkyl halides is 4. The van der Waals surface area contributed by atoms with Crippen LogP contribution in [0.5, 0.6) is 0 Å². The van der Waals surface area contributed by atoms with Gasteiger partial charge in [-0.15, -0.1) is 0 Å². The Bertz CT molecular complexity index is 580. The smallest absolute Gasteiger partial charge is 0.344 e. The summed E-state index contributed by atoms with van der Waals surface area (Å²) in [5.41, 5.74) is -1.47. The molecule has 0 atom stereocenters. The zero-order valence-corrected chi connectivity index (χ0v) is 12.5. The molecule has 0 radical (unpaired) electrons. The number of benzene rings is 1. The van der Waals surface area contributed by atoms with E-state index in [1.807, 2.05) is 0 Å². The van der Waals surface area contributed by atoms with Gasteiger partial charge in [0.25, 0.3) is 12.3 Å². The van der Waals surface area contributed by atoms with Crippen LogP contribution >= 0.6 is 0 Å². The van der Waals surface area contributed by atoms with Crippen molar-refractivity contribution in [3.05, 3.63) is 35.4 Å². The standard InChI is InChI=1S/C16H18F4N2O/c17-13(18)11-2-4-12(5-3-11)16(19,20)14(23)21-15(6-7-15)10-22-8-1-9-22/h2-5,13H,1,6-10H2,(H,21,23). The van der Waals surface area contributed by atoms with E-state index in [1.165, 1.54) is 0 Å². The van der Waals surface area contributed by atoms with Crippen LogP contribution < -0.4 is 5.32 Å². The van der Waals surface area contributed by atoms with Gasteiger partial charge in [0.15, 0.2) is 0 Å². The molecule has 3 nitrogen and oxygen atoms in total. The Kier molecular flexibility index (Phi) is 4.08. The van der Waals surface area contributed by atoms with Crippen molar-refractivity contribution in [3.8, 4) is 0 Å². The van der Waals surface area contributed by atoms with Gasteiger partial charge in [-0.3, -0.25) is 4.79 Å². The van der Waals surface area contributed by atoms with E-state index in [9.17, 15) is 22.4 Å². The van der Waals surface area contributed by atoms with Crippen molar-refractivity contribution in [2.75, 3.05) is 19.6 Å². The van der Waals surface area contributed by atoms with Crippen molar-refractivity contribution in [2.45, 2.75) is 37.1 Å². The summed E-state index contributed by atoms with van der Waals surface area (Å²) in [7, 11) is 0. The maximum absolute atomic E-state index is 14.3. The molecule has 0 spiro atoms. The lowest BCUT2D eigenvalue weighted by atomic mass is 10.0. The molecule has 3 rings (SSSR count). The van der Waals surface area contributed by atoms with Gasteiger partial charge in [0.05, 0.1) is 5.54 Å². The minimum atomic E-state index is -3.73. The first kappa shape index (κ1) is 16.2. The molecule has 1 amide bonds. The Balaban J connectivity index is 1.67. The SMILES string of the molecule is O=C(NC1(CN2CCC2)CC1)C(F)(F)c1ccc(C(F)F)cc1. The van der Waals surface area contributed by atoms with E-state index in [0.29, 0.717) is 19.4 Å². The minimum Gasteiger partial charge on any atom is -0.344 e. The predicted octanol–water partition coefficient (Wildman–Crippen LogP) is 3.07. The molecule has 0 unspecified atom stereocenters. The number of hydrogen-bond donors (Lipinski definition) is 1. The zero-order valence-electron chi connectivity index (χ0n) is 12.5. The first-order chi connectivity index (χ1) is 10.8. The maximum Gasteiger partial charge on any atom is 0.349 e. The fourth-order valence-corrected chi connectivity index (χ4v) is 2.73. The van der Waals surface area contributed by atoms with Crippen molar-refractivity contribution in [1.82, 2.24) is 10.2 Å². The third kappa shape index (κ3) is 3.34. The van der Waals surface area contributed by atoms with E-state index < -0.39 is 29.4 Å². The number of carbonyl (C=O) groups is 1. The van der Waals surface area contributed by atoms with Crippen molar-refractivity contribution >= 4 is 5.91 Å². The van der Waals surface area contributed by atoms with Crippen LogP contribution in [0, 0.1) is 0 Å². The first-order valence-electron chi connectivity index (χ1n) is 7.64. The van der Waals surface area contributed by atoms with E-state index in [2.05, 4.69) is 10.2 Å². The summed E-state index contributed by atoms with van der Waals surface area (Å²) < 4.78 is 53.5. The van der Waals surface area contributed by atoms with Gasteiger partial charge in [-0.05, 0) is 32.4 Å². The molecular formula is C16H18F4N2O. The lowest BCUT2D eigenvalue weighted by Gasteiger charge is -2.35. The van der Waals surface area contributed by atoms with Crippen LogP contribution in [0.25, 0.3) is 0 Å². The number of halogens is 4. The summed E-state index contributed by atoms with van der Waals surface area (Å²) in [5.74, 6) is -5.09. The molecule has 1 aromatic rings. The second-order valence-corrected chi connectivity index (χ2v) is 6.36. The summed E-state index contributed by atoms with van der Waals surface area (Å²) in [6.07, 6.45) is -0.250. The number of carbonyl (C=O) groups excluding carboxylic acids is 1. The van der Waals surface area contributed by atoms with Crippen LogP contribution in [0.1, 0.15) is 36.8 Å². The number of likely N-dealkylation sites (tertiary alicyclic amines) is 1. The van der Waals surface area contributed by atoms with Crippen molar-refractivity contribution in [3.63, 3.8) is 0 Å². The third-order valence-corrected chi connectivity index (χ3v) is 4.52. The third-order valence-electron chi connectivity index (χ3n) is 4.52. The van der Waals surface area contributed by atoms with Crippen molar-refractivity contribution in [1.29, 1.82) is 0 Å². The number of nitrogens with zero attached hydrogens (tertiary/aromatic N) is 1. The largest absolute Gasteiger partial charge is 0.349 e. The molecule has 1 saturated heterocycles. The van der Waals surface area contributed by atoms with E-state index >= 15 is 0 Å². The maximum atomic E-state index is 14.3. The molecule has 1 saturated carbocycles. The molecule has 1 aromatic carbocycles. The monoisotopic (exact) mass is 330 g/mol. The van der Waals surface area contributed by atoms with E-state index in [4.69, 9.17) is 0 Å². The molecule has 1 aliphatic heterocycles. The molecule has 1 N–H and O–H groups in total. The van der Waals surface area contributed by atoms with Gasteiger partial charge < -0.3 is 10.2 Å². The van der Waals surface area contributed by atoms with Gasteiger partial charge in [0.1, 0.15) is 0 Å². The normalized spacial score (nSPS) is 20.2. The van der Waals surface area contributed by atoms with Crippen LogP contribution in [0.4, 0.5) is 17.6 Å². The van der Waals surface area contributed by atoms with Crippen LogP contribution in [0.3, 0.4) is 0 Å². The molecule has 1 heterocycles. The van der Waals surface area contributed by atoms with E-state index in [-0.39, 0.29) is 5.56 Å². The van der Waals surface area contributed by atoms with Gasteiger partial charge in [0.2, 0.25) is 0 Å². The highest BCUT2D eigenvalue weighted by Crippen LogP contribution is 2.39. The fraction of sp³-hybridized carbons (Fsp3) is 0.562. The second kappa shape index (κ2) is 5.78. The molecule has 23 heavy (non-hydrogen) atoms. The number of nitrogens with one attached hydrogen (secondary N) is 1. The Hall–Kier alpha value is -1.63. The molecule has 0 aromatic heterocycles. The fourth-order valence-electron chi connectivity index (χ4n) is 2.73. The summed E-state index contributed by atoms with van der Waals surface area (Å²) >= 11 is 0. The van der Waals surface area contributed by atoms with Gasteiger partial charge >= 0.3 is 5.92 Å².